The number of ether oxygens (including phenoxy) is 1. The van der Waals surface area contributed by atoms with Crippen molar-refractivity contribution in [3.05, 3.63) is 77.2 Å². The normalized spacial score (nSPS) is 16.9. The van der Waals surface area contributed by atoms with Crippen molar-refractivity contribution < 1.29 is 24.3 Å². The number of benzene rings is 2. The number of nitrogens with one attached hydrogen (secondary N) is 1. The molecule has 2 aromatic carbocycles. The van der Waals surface area contributed by atoms with E-state index in [1.54, 1.807) is 11.4 Å². The molecule has 1 aliphatic heterocycles. The highest BCUT2D eigenvalue weighted by molar-refractivity contribution is 7.14. The molecule has 0 radical (unpaired) electrons. The molecule has 1 atom stereocenters. The first-order chi connectivity index (χ1) is 16.4. The highest BCUT2D eigenvalue weighted by atomic mass is 32.1. The number of aliphatic carboxylic acids is 1. The number of amidine groups is 1. The number of hydrazine groups is 1. The van der Waals surface area contributed by atoms with Crippen molar-refractivity contribution in [3.8, 4) is 11.5 Å². The molecule has 34 heavy (non-hydrogen) atoms. The second-order valence-corrected chi connectivity index (χ2v) is 8.26. The Morgan fingerprint density at radius 1 is 1.12 bits per heavy atom. The number of rotatable bonds is 7. The van der Waals surface area contributed by atoms with Crippen LogP contribution in [0.1, 0.15) is 30.5 Å². The number of oxime groups is 1. The Bertz CT molecular complexity index is 1260. The fourth-order valence-electron chi connectivity index (χ4n) is 3.53. The highest BCUT2D eigenvalue weighted by Crippen LogP contribution is 2.33. The molecule has 174 valence electrons. The number of hydrogen-bond acceptors (Lipinski definition) is 7. The van der Waals surface area contributed by atoms with Gasteiger partial charge in [-0.1, -0.05) is 35.5 Å². The summed E-state index contributed by atoms with van der Waals surface area (Å²) in [6.45, 7) is 1.48. The number of carboxylic acids is 1. The van der Waals surface area contributed by atoms with Crippen LogP contribution in [0.25, 0.3) is 0 Å². The van der Waals surface area contributed by atoms with Gasteiger partial charge in [0.15, 0.2) is 5.71 Å². The van der Waals surface area contributed by atoms with Gasteiger partial charge in [-0.3, -0.25) is 10.2 Å². The number of aliphatic imine (C=N–C) groups is 1. The Kier molecular flexibility index (Phi) is 6.88. The predicted molar refractivity (Wildman–Crippen MR) is 129 cm³/mol. The van der Waals surface area contributed by atoms with Crippen LogP contribution >= 0.6 is 11.3 Å². The monoisotopic (exact) mass is 478 g/mol. The fraction of sp³-hybridized carbons (Fsp3) is 0.167. The molecule has 1 aromatic heterocycles. The average Bonchev–Trinajstić information content (AvgIpc) is 3.46. The fourth-order valence-corrected chi connectivity index (χ4v) is 4.32. The van der Waals surface area contributed by atoms with Crippen molar-refractivity contribution in [1.29, 1.82) is 0 Å². The molecular formula is C24H22N4O5S. The molecule has 1 fully saturated rings. The molecule has 2 heterocycles. The summed E-state index contributed by atoms with van der Waals surface area (Å²) in [6.07, 6.45) is 0.458. The molecular weight excluding hydrogens is 456 g/mol. The van der Waals surface area contributed by atoms with Crippen molar-refractivity contribution in [3.63, 3.8) is 0 Å². The largest absolute Gasteiger partial charge is 0.476 e. The minimum Gasteiger partial charge on any atom is -0.476 e. The van der Waals surface area contributed by atoms with Crippen LogP contribution in [0, 0.1) is 0 Å². The van der Waals surface area contributed by atoms with Crippen LogP contribution in [0.3, 0.4) is 0 Å². The molecule has 1 saturated heterocycles. The van der Waals surface area contributed by atoms with Gasteiger partial charge in [0.1, 0.15) is 29.4 Å². The molecule has 2 N–H and O–H groups in total. The SMILES string of the molecule is CON=C(C(=O)O)c1csc(N=C2CC(c3cccc(Oc4ccccc4)c3)N(C(C)=O)N2)c1. The number of para-hydroxylation sites is 1. The van der Waals surface area contributed by atoms with E-state index in [-0.39, 0.29) is 17.7 Å². The smallest absolute Gasteiger partial charge is 0.358 e. The molecule has 1 amide bonds. The Morgan fingerprint density at radius 3 is 2.59 bits per heavy atom. The third-order valence-corrected chi connectivity index (χ3v) is 5.82. The lowest BCUT2D eigenvalue weighted by atomic mass is 10.0. The number of amides is 1. The first-order valence-electron chi connectivity index (χ1n) is 10.3. The van der Waals surface area contributed by atoms with Gasteiger partial charge < -0.3 is 14.7 Å². The molecule has 0 spiro atoms. The lowest BCUT2D eigenvalue weighted by Crippen LogP contribution is -2.38. The number of carbonyl (C=O) groups is 2. The Morgan fingerprint density at radius 2 is 1.88 bits per heavy atom. The van der Waals surface area contributed by atoms with Gasteiger partial charge in [-0.05, 0) is 35.9 Å². The van der Waals surface area contributed by atoms with Crippen LogP contribution in [0.2, 0.25) is 0 Å². The van der Waals surface area contributed by atoms with Gasteiger partial charge in [0.25, 0.3) is 0 Å². The summed E-state index contributed by atoms with van der Waals surface area (Å²) in [4.78, 5) is 32.9. The third-order valence-electron chi connectivity index (χ3n) is 5.00. The Hall–Kier alpha value is -4.18. The Labute approximate surface area is 199 Å². The van der Waals surface area contributed by atoms with Crippen LogP contribution in [-0.4, -0.2) is 40.6 Å². The number of hydrogen-bond donors (Lipinski definition) is 2. The van der Waals surface area contributed by atoms with E-state index < -0.39 is 5.97 Å². The van der Waals surface area contributed by atoms with Gasteiger partial charge in [0, 0.05) is 24.3 Å². The maximum Gasteiger partial charge on any atom is 0.358 e. The predicted octanol–water partition coefficient (Wildman–Crippen LogP) is 4.50. The van der Waals surface area contributed by atoms with Crippen LogP contribution in [0.15, 0.2) is 76.2 Å². The second kappa shape index (κ2) is 10.2. The van der Waals surface area contributed by atoms with Crippen molar-refractivity contribution >= 4 is 39.8 Å². The van der Waals surface area contributed by atoms with Crippen molar-refractivity contribution in [1.82, 2.24) is 10.4 Å². The van der Waals surface area contributed by atoms with Crippen LogP contribution < -0.4 is 10.2 Å². The van der Waals surface area contributed by atoms with E-state index in [0.29, 0.717) is 28.6 Å². The molecule has 1 unspecified atom stereocenters. The Balaban J connectivity index is 1.56. The first kappa shape index (κ1) is 23.0. The average molecular weight is 479 g/mol. The van der Waals surface area contributed by atoms with E-state index in [0.717, 1.165) is 11.3 Å². The third kappa shape index (κ3) is 5.24. The summed E-state index contributed by atoms with van der Waals surface area (Å²) in [7, 11) is 1.29. The maximum absolute atomic E-state index is 12.3. The lowest BCUT2D eigenvalue weighted by Gasteiger charge is -2.22. The molecule has 4 rings (SSSR count). The van der Waals surface area contributed by atoms with Gasteiger partial charge in [-0.25, -0.2) is 14.8 Å². The zero-order valence-electron chi connectivity index (χ0n) is 18.5. The number of carboxylic acid groups (broad SMARTS) is 1. The van der Waals surface area contributed by atoms with E-state index in [4.69, 9.17) is 4.74 Å². The highest BCUT2D eigenvalue weighted by Gasteiger charge is 2.32. The maximum atomic E-state index is 12.3. The zero-order chi connectivity index (χ0) is 24.1. The summed E-state index contributed by atoms with van der Waals surface area (Å²) >= 11 is 1.27. The van der Waals surface area contributed by atoms with Gasteiger partial charge in [0.05, 0.1) is 6.04 Å². The van der Waals surface area contributed by atoms with Crippen LogP contribution in [0.5, 0.6) is 11.5 Å². The van der Waals surface area contributed by atoms with Crippen molar-refractivity contribution in [2.45, 2.75) is 19.4 Å². The molecule has 10 heteroatoms. The van der Waals surface area contributed by atoms with Crippen LogP contribution in [-0.2, 0) is 14.4 Å². The summed E-state index contributed by atoms with van der Waals surface area (Å²) in [5.74, 6) is 0.624. The second-order valence-electron chi connectivity index (χ2n) is 7.37. The topological polar surface area (TPSA) is 113 Å². The van der Waals surface area contributed by atoms with Gasteiger partial charge in [-0.15, -0.1) is 11.3 Å². The van der Waals surface area contributed by atoms with Gasteiger partial charge in [0.2, 0.25) is 5.91 Å². The standard InChI is InChI=1S/C24H22N4O5S/c1-15(29)28-20(16-7-6-10-19(11-16)33-18-8-4-3-5-9-18)13-21(26-28)25-22-12-17(14-34-22)23(24(30)31)27-32-2/h3-12,14,20H,13H2,1-2H3,(H,25,26)(H,30,31). The molecule has 3 aromatic rings. The van der Waals surface area contributed by atoms with E-state index in [1.807, 2.05) is 54.6 Å². The van der Waals surface area contributed by atoms with Gasteiger partial charge in [-0.2, -0.15) is 0 Å². The summed E-state index contributed by atoms with van der Waals surface area (Å²) < 4.78 is 5.94. The van der Waals surface area contributed by atoms with E-state index in [9.17, 15) is 14.7 Å². The first-order valence-corrected chi connectivity index (χ1v) is 11.2. The van der Waals surface area contributed by atoms with E-state index in [1.165, 1.54) is 30.4 Å². The van der Waals surface area contributed by atoms with E-state index in [2.05, 4.69) is 20.4 Å². The molecule has 0 saturated carbocycles. The summed E-state index contributed by atoms with van der Waals surface area (Å²) in [5, 5.41) is 16.6. The molecule has 1 aliphatic rings. The lowest BCUT2D eigenvalue weighted by molar-refractivity contribution is -0.132. The zero-order valence-corrected chi connectivity index (χ0v) is 19.3. The number of carbonyl (C=O) groups excluding carboxylic acids is 1. The minimum atomic E-state index is -1.20. The minimum absolute atomic E-state index is 0.156. The van der Waals surface area contributed by atoms with E-state index >= 15 is 0 Å². The van der Waals surface area contributed by atoms with Crippen molar-refractivity contribution in [2.24, 2.45) is 10.1 Å². The van der Waals surface area contributed by atoms with Crippen molar-refractivity contribution in [2.75, 3.05) is 7.11 Å². The van der Waals surface area contributed by atoms with Crippen LogP contribution in [0.4, 0.5) is 5.00 Å². The molecule has 9 nitrogen and oxygen atoms in total. The summed E-state index contributed by atoms with van der Waals surface area (Å²) in [6, 6.07) is 18.4. The summed E-state index contributed by atoms with van der Waals surface area (Å²) in [5.41, 5.74) is 4.15. The number of thiophene rings is 1. The van der Waals surface area contributed by atoms with Gasteiger partial charge >= 0.3 is 5.97 Å². The quantitative estimate of drug-likeness (QED) is 0.382. The molecule has 0 aliphatic carbocycles. The number of nitrogens with zero attached hydrogens (tertiary/aromatic N) is 3. The molecule has 0 bridgehead atoms.